The summed E-state index contributed by atoms with van der Waals surface area (Å²) in [4.78, 5) is 29.6. The van der Waals surface area contributed by atoms with Crippen molar-refractivity contribution in [1.29, 1.82) is 0 Å². The van der Waals surface area contributed by atoms with Crippen LogP contribution in [-0.4, -0.2) is 40.0 Å². The summed E-state index contributed by atoms with van der Waals surface area (Å²) in [6, 6.07) is 0. The molecule has 1 aliphatic rings. The molecule has 1 aliphatic heterocycles. The van der Waals surface area contributed by atoms with Crippen LogP contribution < -0.4 is 0 Å². The number of carbonyl (C=O) groups is 2. The standard InChI is InChI=1S/C13H18N2O3S/c1-2-5-9-12(13(17)18)19-10(14-9)8-11(16)15-6-3-4-7-15/h2-8H2,1H3,(H,17,18). The third-order valence-electron chi connectivity index (χ3n) is 3.18. The largest absolute Gasteiger partial charge is 0.477 e. The smallest absolute Gasteiger partial charge is 0.347 e. The van der Waals surface area contributed by atoms with Gasteiger partial charge in [0.1, 0.15) is 9.88 Å². The van der Waals surface area contributed by atoms with Crippen molar-refractivity contribution in [1.82, 2.24) is 9.88 Å². The Morgan fingerprint density at radius 1 is 1.37 bits per heavy atom. The number of amides is 1. The van der Waals surface area contributed by atoms with Gasteiger partial charge in [0.2, 0.25) is 5.91 Å². The lowest BCUT2D eigenvalue weighted by atomic mass is 10.2. The molecule has 0 aliphatic carbocycles. The minimum absolute atomic E-state index is 0.0613. The molecule has 0 radical (unpaired) electrons. The van der Waals surface area contributed by atoms with Crippen molar-refractivity contribution in [2.45, 2.75) is 39.0 Å². The summed E-state index contributed by atoms with van der Waals surface area (Å²) in [5.74, 6) is -0.882. The van der Waals surface area contributed by atoms with E-state index in [1.54, 1.807) is 0 Å². The van der Waals surface area contributed by atoms with Crippen LogP contribution in [0.15, 0.2) is 0 Å². The number of thiazole rings is 1. The molecule has 1 amide bonds. The van der Waals surface area contributed by atoms with E-state index in [0.717, 1.165) is 43.7 Å². The molecule has 1 N–H and O–H groups in total. The predicted octanol–water partition coefficient (Wildman–Crippen LogP) is 1.96. The number of hydrogen-bond acceptors (Lipinski definition) is 4. The van der Waals surface area contributed by atoms with Crippen LogP contribution in [0, 0.1) is 0 Å². The van der Waals surface area contributed by atoms with Crippen molar-refractivity contribution >= 4 is 23.2 Å². The van der Waals surface area contributed by atoms with E-state index < -0.39 is 5.97 Å². The van der Waals surface area contributed by atoms with Gasteiger partial charge in [0.25, 0.3) is 0 Å². The molecule has 1 saturated heterocycles. The number of carboxylic acids is 1. The van der Waals surface area contributed by atoms with E-state index in [9.17, 15) is 9.59 Å². The van der Waals surface area contributed by atoms with Crippen LogP contribution in [0.4, 0.5) is 0 Å². The first-order valence-electron chi connectivity index (χ1n) is 6.61. The third-order valence-corrected chi connectivity index (χ3v) is 4.27. The molecule has 2 rings (SSSR count). The maximum absolute atomic E-state index is 12.0. The molecule has 1 aromatic rings. The summed E-state index contributed by atoms with van der Waals surface area (Å²) in [7, 11) is 0. The van der Waals surface area contributed by atoms with E-state index in [-0.39, 0.29) is 17.2 Å². The van der Waals surface area contributed by atoms with Crippen LogP contribution in [0.25, 0.3) is 0 Å². The number of aryl methyl sites for hydroxylation is 1. The van der Waals surface area contributed by atoms with Gasteiger partial charge in [0, 0.05) is 13.1 Å². The van der Waals surface area contributed by atoms with Crippen LogP contribution >= 0.6 is 11.3 Å². The fourth-order valence-electron chi connectivity index (χ4n) is 2.26. The number of hydrogen-bond donors (Lipinski definition) is 1. The number of aromatic nitrogens is 1. The second-order valence-corrected chi connectivity index (χ2v) is 5.79. The fourth-order valence-corrected chi connectivity index (χ4v) is 3.20. The van der Waals surface area contributed by atoms with Gasteiger partial charge in [0.15, 0.2) is 0 Å². The molecular weight excluding hydrogens is 264 g/mol. The van der Waals surface area contributed by atoms with Gasteiger partial charge in [-0.3, -0.25) is 4.79 Å². The van der Waals surface area contributed by atoms with Gasteiger partial charge in [-0.25, -0.2) is 9.78 Å². The second kappa shape index (κ2) is 6.14. The summed E-state index contributed by atoms with van der Waals surface area (Å²) < 4.78 is 0. The lowest BCUT2D eigenvalue weighted by molar-refractivity contribution is -0.129. The third kappa shape index (κ3) is 3.32. The maximum atomic E-state index is 12.0. The highest BCUT2D eigenvalue weighted by Gasteiger charge is 2.22. The average molecular weight is 282 g/mol. The Morgan fingerprint density at radius 3 is 2.63 bits per heavy atom. The molecule has 0 aromatic carbocycles. The molecule has 1 aromatic heterocycles. The molecule has 0 spiro atoms. The van der Waals surface area contributed by atoms with Crippen LogP contribution in [0.5, 0.6) is 0 Å². The number of likely N-dealkylation sites (tertiary alicyclic amines) is 1. The molecule has 0 saturated carbocycles. The first-order chi connectivity index (χ1) is 9.11. The van der Waals surface area contributed by atoms with Crippen molar-refractivity contribution in [2.75, 3.05) is 13.1 Å². The van der Waals surface area contributed by atoms with Crippen molar-refractivity contribution in [3.05, 3.63) is 15.6 Å². The fraction of sp³-hybridized carbons (Fsp3) is 0.615. The number of carbonyl (C=O) groups excluding carboxylic acids is 1. The minimum atomic E-state index is -0.944. The highest BCUT2D eigenvalue weighted by Crippen LogP contribution is 2.21. The summed E-state index contributed by atoms with van der Waals surface area (Å²) in [6.45, 7) is 3.62. The van der Waals surface area contributed by atoms with E-state index in [1.165, 1.54) is 0 Å². The van der Waals surface area contributed by atoms with E-state index >= 15 is 0 Å². The quantitative estimate of drug-likeness (QED) is 0.896. The summed E-state index contributed by atoms with van der Waals surface area (Å²) in [5, 5.41) is 9.75. The molecule has 0 atom stereocenters. The Labute approximate surface area is 116 Å². The first kappa shape index (κ1) is 14.0. The Hall–Kier alpha value is -1.43. The summed E-state index contributed by atoms with van der Waals surface area (Å²) in [5.41, 5.74) is 0.615. The van der Waals surface area contributed by atoms with Gasteiger partial charge in [-0.1, -0.05) is 13.3 Å². The zero-order valence-corrected chi connectivity index (χ0v) is 11.8. The SMILES string of the molecule is CCCc1nc(CC(=O)N2CCCC2)sc1C(=O)O. The van der Waals surface area contributed by atoms with Gasteiger partial charge in [-0.2, -0.15) is 0 Å². The van der Waals surface area contributed by atoms with Crippen LogP contribution in [0.3, 0.4) is 0 Å². The Morgan fingerprint density at radius 2 is 2.05 bits per heavy atom. The Kier molecular flexibility index (Phi) is 4.52. The van der Waals surface area contributed by atoms with E-state index in [4.69, 9.17) is 5.11 Å². The predicted molar refractivity (Wildman–Crippen MR) is 72.6 cm³/mol. The normalized spacial score (nSPS) is 14.9. The molecule has 5 nitrogen and oxygen atoms in total. The first-order valence-corrected chi connectivity index (χ1v) is 7.43. The van der Waals surface area contributed by atoms with E-state index in [1.807, 2.05) is 11.8 Å². The molecule has 19 heavy (non-hydrogen) atoms. The van der Waals surface area contributed by atoms with Crippen molar-refractivity contribution < 1.29 is 14.7 Å². The minimum Gasteiger partial charge on any atom is -0.477 e. The van der Waals surface area contributed by atoms with Crippen molar-refractivity contribution in [3.63, 3.8) is 0 Å². The Bertz CT molecular complexity index is 478. The van der Waals surface area contributed by atoms with Gasteiger partial charge in [-0.05, 0) is 19.3 Å². The molecule has 0 bridgehead atoms. The topological polar surface area (TPSA) is 70.5 Å². The molecule has 2 heterocycles. The molecular formula is C13H18N2O3S. The maximum Gasteiger partial charge on any atom is 0.347 e. The average Bonchev–Trinajstić information content (AvgIpc) is 2.98. The number of rotatable bonds is 5. The van der Waals surface area contributed by atoms with Crippen LogP contribution in [0.2, 0.25) is 0 Å². The zero-order chi connectivity index (χ0) is 13.8. The number of aromatic carboxylic acids is 1. The van der Waals surface area contributed by atoms with E-state index in [2.05, 4.69) is 4.98 Å². The zero-order valence-electron chi connectivity index (χ0n) is 11.0. The van der Waals surface area contributed by atoms with Crippen LogP contribution in [-0.2, 0) is 17.6 Å². The Balaban J connectivity index is 2.09. The lowest BCUT2D eigenvalue weighted by Gasteiger charge is -2.13. The highest BCUT2D eigenvalue weighted by molar-refractivity contribution is 7.13. The number of nitrogens with zero attached hydrogens (tertiary/aromatic N) is 2. The molecule has 104 valence electrons. The van der Waals surface area contributed by atoms with Gasteiger partial charge in [-0.15, -0.1) is 11.3 Å². The lowest BCUT2D eigenvalue weighted by Crippen LogP contribution is -2.29. The van der Waals surface area contributed by atoms with Crippen molar-refractivity contribution in [3.8, 4) is 0 Å². The second-order valence-electron chi connectivity index (χ2n) is 4.70. The van der Waals surface area contributed by atoms with Crippen molar-refractivity contribution in [2.24, 2.45) is 0 Å². The highest BCUT2D eigenvalue weighted by atomic mass is 32.1. The monoisotopic (exact) mass is 282 g/mol. The summed E-state index contributed by atoms with van der Waals surface area (Å²) >= 11 is 1.14. The van der Waals surface area contributed by atoms with E-state index in [0.29, 0.717) is 17.1 Å². The molecule has 0 unspecified atom stereocenters. The molecule has 6 heteroatoms. The van der Waals surface area contributed by atoms with Crippen LogP contribution in [0.1, 0.15) is 46.6 Å². The summed E-state index contributed by atoms with van der Waals surface area (Å²) in [6.07, 6.45) is 3.85. The van der Waals surface area contributed by atoms with Gasteiger partial charge in [0.05, 0.1) is 12.1 Å². The molecule has 1 fully saturated rings. The van der Waals surface area contributed by atoms with Gasteiger partial charge < -0.3 is 10.0 Å². The number of carboxylic acid groups (broad SMARTS) is 1. The van der Waals surface area contributed by atoms with Gasteiger partial charge >= 0.3 is 5.97 Å².